The summed E-state index contributed by atoms with van der Waals surface area (Å²) < 4.78 is 11.2. The predicted molar refractivity (Wildman–Crippen MR) is 107 cm³/mol. The van der Waals surface area contributed by atoms with E-state index in [0.29, 0.717) is 12.8 Å². The van der Waals surface area contributed by atoms with E-state index in [4.69, 9.17) is 9.47 Å². The minimum Gasteiger partial charge on any atom is -0.465 e. The second kappa shape index (κ2) is 14.1. The Bertz CT molecular complexity index is 388. The Morgan fingerprint density at radius 3 is 1.92 bits per heavy atom. The zero-order chi connectivity index (χ0) is 20.0. The van der Waals surface area contributed by atoms with E-state index in [0.717, 1.165) is 25.7 Å². The minimum absolute atomic E-state index is 0.145. The van der Waals surface area contributed by atoms with Gasteiger partial charge in [0.15, 0.2) is 0 Å². The maximum Gasteiger partial charge on any atom is 0.306 e. The number of hydrogen-bond donors (Lipinski definition) is 0. The van der Waals surface area contributed by atoms with Gasteiger partial charge in [0.25, 0.3) is 0 Å². The van der Waals surface area contributed by atoms with Gasteiger partial charge in [0.05, 0.1) is 6.61 Å². The largest absolute Gasteiger partial charge is 0.465 e. The highest BCUT2D eigenvalue weighted by molar-refractivity contribution is 5.70. The van der Waals surface area contributed by atoms with Gasteiger partial charge in [0.2, 0.25) is 0 Å². The van der Waals surface area contributed by atoms with Crippen molar-refractivity contribution in [3.05, 3.63) is 0 Å². The zero-order valence-electron chi connectivity index (χ0n) is 18.1. The van der Waals surface area contributed by atoms with E-state index in [9.17, 15) is 9.59 Å². The Kier molecular flexibility index (Phi) is 13.5. The first-order valence-electron chi connectivity index (χ1n) is 10.6. The maximum atomic E-state index is 12.0. The number of unbranched alkanes of at least 4 members (excludes halogenated alkanes) is 6. The smallest absolute Gasteiger partial charge is 0.306 e. The van der Waals surface area contributed by atoms with E-state index < -0.39 is 5.41 Å². The van der Waals surface area contributed by atoms with E-state index in [1.807, 2.05) is 27.7 Å². The van der Waals surface area contributed by atoms with Gasteiger partial charge in [-0.2, -0.15) is 0 Å². The summed E-state index contributed by atoms with van der Waals surface area (Å²) in [4.78, 5) is 24.0. The molecule has 26 heavy (non-hydrogen) atoms. The first-order valence-corrected chi connectivity index (χ1v) is 10.6. The van der Waals surface area contributed by atoms with Crippen LogP contribution in [0.1, 0.15) is 106 Å². The average Bonchev–Trinajstić information content (AvgIpc) is 2.58. The summed E-state index contributed by atoms with van der Waals surface area (Å²) in [6.07, 6.45) is 9.41. The summed E-state index contributed by atoms with van der Waals surface area (Å²) in [7, 11) is 0. The Morgan fingerprint density at radius 2 is 1.35 bits per heavy atom. The highest BCUT2D eigenvalue weighted by atomic mass is 16.6. The molecule has 0 heterocycles. The molecule has 0 aromatic rings. The standard InChI is InChI=1S/C22H42O4/c1-7-9-11-12-13-14-16-19(23)25-17-22(5,6)21(18(3)4)26-20(24)15-10-8-2/h18,21H,7-17H2,1-6H3/t21-/m1/s1. The monoisotopic (exact) mass is 370 g/mol. The topological polar surface area (TPSA) is 52.6 Å². The molecule has 154 valence electrons. The van der Waals surface area contributed by atoms with E-state index in [1.165, 1.54) is 25.7 Å². The SMILES string of the molecule is CCCCCCCCC(=O)OCC(C)(C)[C@H](OC(=O)CCCC)C(C)C. The lowest BCUT2D eigenvalue weighted by Crippen LogP contribution is -2.41. The van der Waals surface area contributed by atoms with Crippen LogP contribution < -0.4 is 0 Å². The molecule has 0 fully saturated rings. The van der Waals surface area contributed by atoms with Crippen molar-refractivity contribution in [1.82, 2.24) is 0 Å². The second-order valence-corrected chi connectivity index (χ2v) is 8.43. The molecule has 0 spiro atoms. The summed E-state index contributed by atoms with van der Waals surface area (Å²) >= 11 is 0. The molecule has 1 atom stereocenters. The van der Waals surface area contributed by atoms with Crippen molar-refractivity contribution in [2.45, 2.75) is 112 Å². The molecular formula is C22H42O4. The predicted octanol–water partition coefficient (Wildman–Crippen LogP) is 6.06. The first kappa shape index (κ1) is 24.9. The van der Waals surface area contributed by atoms with Gasteiger partial charge in [-0.3, -0.25) is 9.59 Å². The van der Waals surface area contributed by atoms with Crippen LogP contribution in [0.4, 0.5) is 0 Å². The summed E-state index contributed by atoms with van der Waals surface area (Å²) in [6, 6.07) is 0. The third kappa shape index (κ3) is 11.5. The van der Waals surface area contributed by atoms with Crippen LogP contribution in [0, 0.1) is 11.3 Å². The van der Waals surface area contributed by atoms with Crippen LogP contribution >= 0.6 is 0 Å². The number of ether oxygens (including phenoxy) is 2. The molecule has 0 N–H and O–H groups in total. The first-order chi connectivity index (χ1) is 12.2. The molecule has 0 amide bonds. The molecule has 0 rings (SSSR count). The van der Waals surface area contributed by atoms with Crippen molar-refractivity contribution >= 4 is 11.9 Å². The molecule has 0 aromatic carbocycles. The summed E-state index contributed by atoms with van der Waals surface area (Å²) in [5.74, 6) is -0.127. The normalized spacial score (nSPS) is 12.9. The van der Waals surface area contributed by atoms with Gasteiger partial charge >= 0.3 is 11.9 Å². The lowest BCUT2D eigenvalue weighted by atomic mass is 9.81. The molecule has 0 saturated carbocycles. The lowest BCUT2D eigenvalue weighted by Gasteiger charge is -2.36. The van der Waals surface area contributed by atoms with Gasteiger partial charge in [0.1, 0.15) is 6.10 Å². The van der Waals surface area contributed by atoms with Crippen LogP contribution in [0.2, 0.25) is 0 Å². The van der Waals surface area contributed by atoms with Gasteiger partial charge in [-0.15, -0.1) is 0 Å². The Hall–Kier alpha value is -1.06. The van der Waals surface area contributed by atoms with Gasteiger partial charge in [-0.1, -0.05) is 80.1 Å². The number of hydrogen-bond acceptors (Lipinski definition) is 4. The van der Waals surface area contributed by atoms with Gasteiger partial charge in [0, 0.05) is 18.3 Å². The quantitative estimate of drug-likeness (QED) is 0.259. The third-order valence-electron chi connectivity index (χ3n) is 4.71. The van der Waals surface area contributed by atoms with E-state index in [2.05, 4.69) is 13.8 Å². The molecule has 0 aromatic heterocycles. The van der Waals surface area contributed by atoms with Gasteiger partial charge in [-0.25, -0.2) is 0 Å². The highest BCUT2D eigenvalue weighted by Gasteiger charge is 2.36. The van der Waals surface area contributed by atoms with Crippen molar-refractivity contribution in [3.8, 4) is 0 Å². The van der Waals surface area contributed by atoms with Crippen LogP contribution in [0.3, 0.4) is 0 Å². The van der Waals surface area contributed by atoms with Crippen molar-refractivity contribution in [3.63, 3.8) is 0 Å². The van der Waals surface area contributed by atoms with Crippen LogP contribution in [0.25, 0.3) is 0 Å². The summed E-state index contributed by atoms with van der Waals surface area (Å²) in [5.41, 5.74) is -0.396. The molecule has 0 aliphatic carbocycles. The zero-order valence-corrected chi connectivity index (χ0v) is 18.1. The molecule has 0 bridgehead atoms. The van der Waals surface area contributed by atoms with Crippen LogP contribution in [-0.4, -0.2) is 24.6 Å². The Balaban J connectivity index is 4.31. The second-order valence-electron chi connectivity index (χ2n) is 8.43. The van der Waals surface area contributed by atoms with E-state index in [-0.39, 0.29) is 30.6 Å². The molecule has 0 unspecified atom stereocenters. The number of carbonyl (C=O) groups excluding carboxylic acids is 2. The minimum atomic E-state index is -0.396. The number of rotatable bonds is 15. The fourth-order valence-corrected chi connectivity index (χ4v) is 3.19. The summed E-state index contributed by atoms with van der Waals surface area (Å²) in [5, 5.41) is 0. The van der Waals surface area contributed by atoms with Gasteiger partial charge < -0.3 is 9.47 Å². The number of esters is 2. The third-order valence-corrected chi connectivity index (χ3v) is 4.71. The maximum absolute atomic E-state index is 12.0. The van der Waals surface area contributed by atoms with Crippen LogP contribution in [0.5, 0.6) is 0 Å². The fraction of sp³-hybridized carbons (Fsp3) is 0.909. The van der Waals surface area contributed by atoms with E-state index in [1.54, 1.807) is 0 Å². The Morgan fingerprint density at radius 1 is 0.808 bits per heavy atom. The highest BCUT2D eigenvalue weighted by Crippen LogP contribution is 2.30. The fourth-order valence-electron chi connectivity index (χ4n) is 3.19. The van der Waals surface area contributed by atoms with E-state index >= 15 is 0 Å². The molecular weight excluding hydrogens is 328 g/mol. The molecule has 0 aliphatic heterocycles. The molecule has 0 aliphatic rings. The lowest BCUT2D eigenvalue weighted by molar-refractivity contribution is -0.165. The van der Waals surface area contributed by atoms with Crippen molar-refractivity contribution < 1.29 is 19.1 Å². The average molecular weight is 371 g/mol. The van der Waals surface area contributed by atoms with Gasteiger partial charge in [-0.05, 0) is 18.8 Å². The van der Waals surface area contributed by atoms with Crippen molar-refractivity contribution in [2.24, 2.45) is 11.3 Å². The van der Waals surface area contributed by atoms with Crippen molar-refractivity contribution in [2.75, 3.05) is 6.61 Å². The van der Waals surface area contributed by atoms with Crippen LogP contribution in [-0.2, 0) is 19.1 Å². The molecule has 4 heteroatoms. The molecule has 0 radical (unpaired) electrons. The summed E-state index contributed by atoms with van der Waals surface area (Å²) in [6.45, 7) is 12.6. The molecule has 0 saturated heterocycles. The van der Waals surface area contributed by atoms with Crippen molar-refractivity contribution in [1.29, 1.82) is 0 Å². The molecule has 4 nitrogen and oxygen atoms in total. The number of carbonyl (C=O) groups is 2. The van der Waals surface area contributed by atoms with Crippen LogP contribution in [0.15, 0.2) is 0 Å². The Labute approximate surface area is 161 Å².